The summed E-state index contributed by atoms with van der Waals surface area (Å²) in [6.07, 6.45) is 0.0953. The molecule has 0 saturated heterocycles. The van der Waals surface area contributed by atoms with Gasteiger partial charge in [-0.15, -0.1) is 0 Å². The third-order valence-electron chi connectivity index (χ3n) is 2.27. The topological polar surface area (TPSA) is 73.3 Å². The van der Waals surface area contributed by atoms with Gasteiger partial charge in [-0.05, 0) is 12.8 Å². The van der Waals surface area contributed by atoms with Crippen molar-refractivity contribution >= 4 is 5.97 Å². The van der Waals surface area contributed by atoms with Gasteiger partial charge in [-0.25, -0.2) is 9.18 Å². The first-order chi connectivity index (χ1) is 6.11. The van der Waals surface area contributed by atoms with Gasteiger partial charge in [0.25, 0.3) is 0 Å². The van der Waals surface area contributed by atoms with E-state index in [4.69, 9.17) is 5.11 Å². The van der Waals surface area contributed by atoms with Crippen LogP contribution in [-0.4, -0.2) is 21.2 Å². The summed E-state index contributed by atoms with van der Waals surface area (Å²) < 4.78 is 13.3. The molecule has 0 spiro atoms. The number of aliphatic hydroxyl groups is 1. The molecule has 0 amide bonds. The highest BCUT2D eigenvalue weighted by Gasteiger charge is 2.30. The normalized spacial score (nSPS) is 20.3. The summed E-state index contributed by atoms with van der Waals surface area (Å²) >= 11 is 0. The molecule has 1 heterocycles. The van der Waals surface area contributed by atoms with E-state index in [9.17, 15) is 14.3 Å². The average Bonchev–Trinajstić information content (AvgIpc) is 2.55. The lowest BCUT2D eigenvalue weighted by Crippen LogP contribution is -2.02. The number of nitrogens with one attached hydrogen (secondary N) is 1. The molecule has 1 aliphatic rings. The van der Waals surface area contributed by atoms with Gasteiger partial charge in [0.15, 0.2) is 11.5 Å². The Balaban J connectivity index is 2.56. The second-order valence-electron chi connectivity index (χ2n) is 3.07. The third-order valence-corrected chi connectivity index (χ3v) is 2.27. The molecule has 0 bridgehead atoms. The summed E-state index contributed by atoms with van der Waals surface area (Å²) in [4.78, 5) is 12.9. The summed E-state index contributed by atoms with van der Waals surface area (Å²) in [7, 11) is 0. The van der Waals surface area contributed by atoms with Crippen LogP contribution in [0, 0.1) is 5.82 Å². The van der Waals surface area contributed by atoms with E-state index in [1.807, 2.05) is 0 Å². The van der Waals surface area contributed by atoms with Gasteiger partial charge in [0, 0.05) is 11.3 Å². The van der Waals surface area contributed by atoms with Gasteiger partial charge in [-0.1, -0.05) is 0 Å². The van der Waals surface area contributed by atoms with Gasteiger partial charge in [-0.3, -0.25) is 0 Å². The molecule has 3 N–H and O–H groups in total. The molecule has 1 aliphatic carbocycles. The number of aromatic amines is 1. The third kappa shape index (κ3) is 1.04. The minimum atomic E-state index is -1.33. The van der Waals surface area contributed by atoms with Gasteiger partial charge in [0.05, 0.1) is 6.10 Å². The zero-order valence-corrected chi connectivity index (χ0v) is 6.67. The average molecular weight is 185 g/mol. The molecule has 1 unspecified atom stereocenters. The monoisotopic (exact) mass is 185 g/mol. The highest BCUT2D eigenvalue weighted by Crippen LogP contribution is 2.34. The summed E-state index contributed by atoms with van der Waals surface area (Å²) in [5, 5.41) is 17.9. The molecule has 0 radical (unpaired) electrons. The van der Waals surface area contributed by atoms with Crippen molar-refractivity contribution < 1.29 is 19.4 Å². The van der Waals surface area contributed by atoms with Gasteiger partial charge in [0.2, 0.25) is 0 Å². The van der Waals surface area contributed by atoms with Crippen LogP contribution in [0.3, 0.4) is 0 Å². The number of fused-ring (bicyclic) bond motifs is 1. The number of carboxylic acid groups (broad SMARTS) is 1. The maximum absolute atomic E-state index is 13.3. The molecule has 70 valence electrons. The fourth-order valence-corrected chi connectivity index (χ4v) is 1.66. The Labute approximate surface area is 73.0 Å². The first kappa shape index (κ1) is 8.25. The van der Waals surface area contributed by atoms with Gasteiger partial charge < -0.3 is 15.2 Å². The lowest BCUT2D eigenvalue weighted by atomic mass is 10.2. The van der Waals surface area contributed by atoms with Gasteiger partial charge >= 0.3 is 5.97 Å². The number of carbonyl (C=O) groups is 1. The van der Waals surface area contributed by atoms with E-state index in [1.165, 1.54) is 0 Å². The van der Waals surface area contributed by atoms with Crippen LogP contribution in [0.2, 0.25) is 0 Å². The quantitative estimate of drug-likeness (QED) is 0.606. The van der Waals surface area contributed by atoms with Crippen LogP contribution in [0.15, 0.2) is 0 Å². The molecule has 5 heteroatoms. The predicted octanol–water partition coefficient (Wildman–Crippen LogP) is 0.832. The second-order valence-corrected chi connectivity index (χ2v) is 3.07. The van der Waals surface area contributed by atoms with Crippen molar-refractivity contribution in [3.05, 3.63) is 22.8 Å². The number of aromatic nitrogens is 1. The highest BCUT2D eigenvalue weighted by atomic mass is 19.1. The summed E-state index contributed by atoms with van der Waals surface area (Å²) in [5.74, 6) is -2.16. The molecule has 4 nitrogen and oxygen atoms in total. The van der Waals surface area contributed by atoms with Crippen LogP contribution in [0.5, 0.6) is 0 Å². The number of aryl methyl sites for hydroxylation is 1. The zero-order valence-electron chi connectivity index (χ0n) is 6.67. The number of aliphatic hydroxyl groups excluding tert-OH is 1. The van der Waals surface area contributed by atoms with Crippen LogP contribution < -0.4 is 0 Å². The Bertz CT molecular complexity index is 372. The Morgan fingerprint density at radius 2 is 2.31 bits per heavy atom. The lowest BCUT2D eigenvalue weighted by molar-refractivity contribution is 0.0685. The molecular formula is C8H8FNO3. The van der Waals surface area contributed by atoms with E-state index in [-0.39, 0.29) is 5.56 Å². The second kappa shape index (κ2) is 2.56. The molecule has 1 atom stereocenters. The van der Waals surface area contributed by atoms with Crippen molar-refractivity contribution in [3.63, 3.8) is 0 Å². The van der Waals surface area contributed by atoms with Crippen molar-refractivity contribution in [1.29, 1.82) is 0 Å². The van der Waals surface area contributed by atoms with E-state index in [2.05, 4.69) is 4.98 Å². The molecule has 0 aromatic carbocycles. The number of hydrogen-bond acceptors (Lipinski definition) is 2. The van der Waals surface area contributed by atoms with E-state index in [0.29, 0.717) is 18.5 Å². The highest BCUT2D eigenvalue weighted by molar-refractivity contribution is 5.86. The molecule has 2 rings (SSSR count). The van der Waals surface area contributed by atoms with E-state index in [0.717, 1.165) is 0 Å². The molecular weight excluding hydrogens is 177 g/mol. The number of H-pyrrole nitrogens is 1. The van der Waals surface area contributed by atoms with Crippen LogP contribution in [0.4, 0.5) is 4.39 Å². The van der Waals surface area contributed by atoms with E-state index >= 15 is 0 Å². The Morgan fingerprint density at radius 3 is 2.85 bits per heavy atom. The van der Waals surface area contributed by atoms with Crippen molar-refractivity contribution in [2.45, 2.75) is 18.9 Å². The Hall–Kier alpha value is -1.36. The maximum atomic E-state index is 13.3. The van der Waals surface area contributed by atoms with Gasteiger partial charge in [0.1, 0.15) is 0 Å². The van der Waals surface area contributed by atoms with Crippen molar-refractivity contribution in [1.82, 2.24) is 4.98 Å². The molecule has 0 aliphatic heterocycles. The van der Waals surface area contributed by atoms with Crippen LogP contribution in [0.25, 0.3) is 0 Å². The van der Waals surface area contributed by atoms with Crippen molar-refractivity contribution in [2.75, 3.05) is 0 Å². The lowest BCUT2D eigenvalue weighted by Gasteiger charge is -1.99. The fraction of sp³-hybridized carbons (Fsp3) is 0.375. The molecule has 1 aromatic heterocycles. The van der Waals surface area contributed by atoms with Gasteiger partial charge in [-0.2, -0.15) is 0 Å². The van der Waals surface area contributed by atoms with E-state index < -0.39 is 23.6 Å². The van der Waals surface area contributed by atoms with Crippen LogP contribution >= 0.6 is 0 Å². The first-order valence-electron chi connectivity index (χ1n) is 3.93. The Kier molecular flexibility index (Phi) is 1.63. The fourth-order valence-electron chi connectivity index (χ4n) is 1.66. The number of rotatable bonds is 1. The molecule has 0 fully saturated rings. The summed E-state index contributed by atoms with van der Waals surface area (Å²) in [6.45, 7) is 0. The maximum Gasteiger partial charge on any atom is 0.355 e. The smallest absolute Gasteiger partial charge is 0.355 e. The Morgan fingerprint density at radius 1 is 1.62 bits per heavy atom. The van der Waals surface area contributed by atoms with Crippen LogP contribution in [0.1, 0.15) is 34.3 Å². The zero-order chi connectivity index (χ0) is 9.59. The SMILES string of the molecule is O=C(O)c1[nH]c2c(c1F)C(O)CC2. The largest absolute Gasteiger partial charge is 0.476 e. The van der Waals surface area contributed by atoms with Crippen molar-refractivity contribution in [2.24, 2.45) is 0 Å². The molecule has 1 aromatic rings. The number of halogens is 1. The molecule has 13 heavy (non-hydrogen) atoms. The first-order valence-corrected chi connectivity index (χ1v) is 3.93. The number of carboxylic acids is 1. The summed E-state index contributed by atoms with van der Waals surface area (Å²) in [5.41, 5.74) is 0.170. The number of hydrogen-bond donors (Lipinski definition) is 3. The predicted molar refractivity (Wildman–Crippen MR) is 41.0 cm³/mol. The minimum absolute atomic E-state index is 0.123. The van der Waals surface area contributed by atoms with Crippen molar-refractivity contribution in [3.8, 4) is 0 Å². The molecule has 0 saturated carbocycles. The standard InChI is InChI=1S/C8H8FNO3/c9-6-5-3(1-2-4(5)11)10-7(6)8(12)13/h4,10-11H,1-2H2,(H,12,13). The number of aromatic carboxylic acids is 1. The summed E-state index contributed by atoms with van der Waals surface area (Å²) in [6, 6.07) is 0. The minimum Gasteiger partial charge on any atom is -0.476 e. The van der Waals surface area contributed by atoms with E-state index in [1.54, 1.807) is 0 Å². The van der Waals surface area contributed by atoms with Crippen LogP contribution in [-0.2, 0) is 6.42 Å².